The van der Waals surface area contributed by atoms with Crippen molar-refractivity contribution in [3.05, 3.63) is 123 Å². The number of non-ortho nitro benzene ring substituents is 1. The van der Waals surface area contributed by atoms with Crippen molar-refractivity contribution in [1.29, 1.82) is 5.26 Å². The molecule has 2 aliphatic carbocycles. The highest BCUT2D eigenvalue weighted by molar-refractivity contribution is 6.03. The number of nitriles is 1. The van der Waals surface area contributed by atoms with Gasteiger partial charge in [-0.05, 0) is 116 Å². The molecule has 3 N–H and O–H groups in total. The number of nitro groups is 1. The third kappa shape index (κ3) is 14.8. The van der Waals surface area contributed by atoms with Crippen LogP contribution in [-0.4, -0.2) is 82.5 Å². The molecule has 73 heavy (non-hydrogen) atoms. The lowest BCUT2D eigenvalue weighted by molar-refractivity contribution is -0.384. The molecule has 15 heteroatoms. The second-order valence-electron chi connectivity index (χ2n) is 19.7. The monoisotopic (exact) mass is 1000 g/mol. The molecule has 3 aliphatic rings. The molecule has 0 radical (unpaired) electrons. The van der Waals surface area contributed by atoms with Gasteiger partial charge in [-0.15, -0.1) is 6.58 Å². The summed E-state index contributed by atoms with van der Waals surface area (Å²) in [6.07, 6.45) is 20.1. The number of fused-ring (bicyclic) bond motifs is 2. The standard InChI is InChI=1S/C58H77N5O10/c1-4-7-8-9-10-11-12-13-14-17-32-60-57(67)72-47-30-31-52-50(38-47)54-48(21-16-19-35-65)45(20-15-18-34-64)37-49-51(61-71-41-43-24-28-46(29-25-43)63(68)69)39-53(58(73-52,55(49)54)70-36-6-3)62(33-5-2)56(66)44-26-22-42(40-59)23-27-44/h6,22-31,37-38,45,48,53-55,64-65H,3-5,7-21,32-36,39,41H2,1-2H3,(H,60,67). The van der Waals surface area contributed by atoms with E-state index in [1.165, 1.54) is 57.1 Å². The van der Waals surface area contributed by atoms with Crippen LogP contribution in [0.2, 0.25) is 0 Å². The molecule has 3 aromatic rings. The van der Waals surface area contributed by atoms with Crippen molar-refractivity contribution in [2.24, 2.45) is 22.9 Å². The number of unbranched alkanes of at least 4 members (excludes halogenated alkanes) is 11. The van der Waals surface area contributed by atoms with Crippen LogP contribution < -0.4 is 14.8 Å². The molecule has 0 aromatic heterocycles. The third-order valence-corrected chi connectivity index (χ3v) is 14.6. The third-order valence-electron chi connectivity index (χ3n) is 14.6. The molecule has 1 saturated carbocycles. The van der Waals surface area contributed by atoms with E-state index in [0.29, 0.717) is 72.7 Å². The molecule has 394 valence electrons. The summed E-state index contributed by atoms with van der Waals surface area (Å²) in [6, 6.07) is 19.4. The fraction of sp³-hybridized carbons (Fsp3) is 0.552. The number of amides is 2. The Kier molecular flexibility index (Phi) is 22.3. The molecular formula is C58H77N5O10. The maximum Gasteiger partial charge on any atom is 0.412 e. The van der Waals surface area contributed by atoms with Crippen LogP contribution in [0.25, 0.3) is 0 Å². The number of rotatable bonds is 31. The number of hydrogen-bond donors (Lipinski definition) is 3. The predicted octanol–water partition coefficient (Wildman–Crippen LogP) is 11.9. The molecule has 1 heterocycles. The molecule has 1 aliphatic heterocycles. The van der Waals surface area contributed by atoms with Crippen LogP contribution in [0.15, 0.2) is 96.2 Å². The zero-order valence-corrected chi connectivity index (χ0v) is 43.0. The lowest BCUT2D eigenvalue weighted by atomic mass is 9.55. The van der Waals surface area contributed by atoms with E-state index in [0.717, 1.165) is 49.7 Å². The summed E-state index contributed by atoms with van der Waals surface area (Å²) < 4.78 is 20.5. The Balaban J connectivity index is 1.42. The first-order valence-corrected chi connectivity index (χ1v) is 26.8. The highest BCUT2D eigenvalue weighted by Gasteiger charge is 2.65. The van der Waals surface area contributed by atoms with Crippen molar-refractivity contribution in [3.63, 3.8) is 0 Å². The molecule has 6 atom stereocenters. The minimum Gasteiger partial charge on any atom is -0.459 e. The lowest BCUT2D eigenvalue weighted by Crippen LogP contribution is -2.70. The predicted molar refractivity (Wildman–Crippen MR) is 281 cm³/mol. The van der Waals surface area contributed by atoms with Crippen LogP contribution in [0.4, 0.5) is 10.5 Å². The number of allylic oxidation sites excluding steroid dienone is 1. The van der Waals surface area contributed by atoms with Gasteiger partial charge in [-0.3, -0.25) is 14.9 Å². The van der Waals surface area contributed by atoms with Crippen LogP contribution in [0, 0.1) is 39.2 Å². The Bertz CT molecular complexity index is 2360. The first-order chi connectivity index (χ1) is 35.6. The van der Waals surface area contributed by atoms with Crippen LogP contribution in [-0.2, 0) is 16.2 Å². The van der Waals surface area contributed by atoms with Crippen LogP contribution in [0.1, 0.15) is 162 Å². The number of ether oxygens (including phenoxy) is 3. The number of hydrogen-bond acceptors (Lipinski definition) is 12. The molecule has 1 fully saturated rings. The summed E-state index contributed by atoms with van der Waals surface area (Å²) in [5, 5.41) is 48.9. The minimum absolute atomic E-state index is 0.0134. The molecule has 15 nitrogen and oxygen atoms in total. The average molecular weight is 1000 g/mol. The van der Waals surface area contributed by atoms with E-state index in [4.69, 9.17) is 24.2 Å². The van der Waals surface area contributed by atoms with Crippen molar-refractivity contribution >= 4 is 23.4 Å². The molecule has 0 bridgehead atoms. The van der Waals surface area contributed by atoms with E-state index in [2.05, 4.69) is 31.0 Å². The van der Waals surface area contributed by atoms with Crippen molar-refractivity contribution < 1.29 is 43.8 Å². The van der Waals surface area contributed by atoms with Gasteiger partial charge in [0.2, 0.25) is 5.79 Å². The van der Waals surface area contributed by atoms with Crippen molar-refractivity contribution in [3.8, 4) is 17.6 Å². The molecule has 2 amide bonds. The Morgan fingerprint density at radius 3 is 2.25 bits per heavy atom. The normalized spacial score (nSPS) is 21.2. The van der Waals surface area contributed by atoms with E-state index in [1.54, 1.807) is 53.4 Å². The molecule has 6 unspecified atom stereocenters. The van der Waals surface area contributed by atoms with Crippen LogP contribution >= 0.6 is 0 Å². The maximum absolute atomic E-state index is 15.1. The number of carbonyl (C=O) groups excluding carboxylic acids is 2. The van der Waals surface area contributed by atoms with Gasteiger partial charge in [-0.1, -0.05) is 102 Å². The van der Waals surface area contributed by atoms with E-state index < -0.39 is 28.8 Å². The number of aliphatic hydroxyl groups is 2. The van der Waals surface area contributed by atoms with Gasteiger partial charge >= 0.3 is 6.09 Å². The lowest BCUT2D eigenvalue weighted by Gasteiger charge is -2.60. The molecule has 0 spiro atoms. The second kappa shape index (κ2) is 29.0. The molecule has 6 rings (SSSR count). The highest BCUT2D eigenvalue weighted by atomic mass is 16.7. The van der Waals surface area contributed by atoms with Gasteiger partial charge in [0.05, 0.1) is 34.8 Å². The van der Waals surface area contributed by atoms with Crippen LogP contribution in [0.5, 0.6) is 11.5 Å². The smallest absolute Gasteiger partial charge is 0.412 e. The van der Waals surface area contributed by atoms with Crippen molar-refractivity contribution in [1.82, 2.24) is 10.2 Å². The Morgan fingerprint density at radius 2 is 1.60 bits per heavy atom. The number of benzene rings is 3. The zero-order valence-electron chi connectivity index (χ0n) is 43.0. The summed E-state index contributed by atoms with van der Waals surface area (Å²) in [4.78, 5) is 47.4. The quantitative estimate of drug-likeness (QED) is 0.0239. The summed E-state index contributed by atoms with van der Waals surface area (Å²) in [5.41, 5.74) is 3.66. The van der Waals surface area contributed by atoms with E-state index >= 15 is 4.79 Å². The molecule has 0 saturated heterocycles. The topological polar surface area (TPSA) is 206 Å². The van der Waals surface area contributed by atoms with Crippen LogP contribution in [0.3, 0.4) is 0 Å². The van der Waals surface area contributed by atoms with E-state index in [1.807, 2.05) is 19.1 Å². The minimum atomic E-state index is -1.52. The van der Waals surface area contributed by atoms with Gasteiger partial charge in [-0.2, -0.15) is 5.26 Å². The largest absolute Gasteiger partial charge is 0.459 e. The van der Waals surface area contributed by atoms with Crippen molar-refractivity contribution in [2.45, 2.75) is 154 Å². The fourth-order valence-electron chi connectivity index (χ4n) is 11.0. The van der Waals surface area contributed by atoms with E-state index in [-0.39, 0.29) is 62.2 Å². The van der Waals surface area contributed by atoms with Gasteiger partial charge in [-0.25, -0.2) is 4.79 Å². The number of carbonyl (C=O) groups is 2. The fourth-order valence-corrected chi connectivity index (χ4v) is 11.0. The Labute approximate surface area is 431 Å². The maximum atomic E-state index is 15.1. The van der Waals surface area contributed by atoms with Gasteiger partial charge in [0, 0.05) is 61.9 Å². The highest BCUT2D eigenvalue weighted by Crippen LogP contribution is 2.62. The van der Waals surface area contributed by atoms with Gasteiger partial charge in [0.15, 0.2) is 0 Å². The Hall–Kier alpha value is -6.08. The summed E-state index contributed by atoms with van der Waals surface area (Å²) in [6.45, 7) is 9.24. The molecule has 3 aromatic carbocycles. The SMILES string of the molecule is C=CCOC12Oc3ccc(OC(=O)NCCCCCCCCCCCC)cc3C3C(CCCCO)C(CCCCO)C=C(C(=NOCc4ccc([N+](=O)[O-])cc4)CC1N(CCC)C(=O)c1ccc(C#N)cc1)C32. The van der Waals surface area contributed by atoms with Gasteiger partial charge in [0.25, 0.3) is 11.6 Å². The number of nitrogens with one attached hydrogen (secondary N) is 1. The summed E-state index contributed by atoms with van der Waals surface area (Å²) in [7, 11) is 0. The van der Waals surface area contributed by atoms with Gasteiger partial charge in [0.1, 0.15) is 24.1 Å². The average Bonchev–Trinajstić information content (AvgIpc) is 3.40. The first kappa shape index (κ1) is 56.2. The number of nitro benzene ring substituents is 1. The summed E-state index contributed by atoms with van der Waals surface area (Å²) in [5.74, 6) is -2.01. The number of nitrogens with zero attached hydrogens (tertiary/aromatic N) is 4. The van der Waals surface area contributed by atoms with Crippen molar-refractivity contribution in [2.75, 3.05) is 32.9 Å². The first-order valence-electron chi connectivity index (χ1n) is 26.8. The second-order valence-corrected chi connectivity index (χ2v) is 19.7. The van der Waals surface area contributed by atoms with Gasteiger partial charge < -0.3 is 39.5 Å². The number of oxime groups is 1. The zero-order chi connectivity index (χ0) is 52.0. The molecular weight excluding hydrogens is 927 g/mol. The summed E-state index contributed by atoms with van der Waals surface area (Å²) >= 11 is 0. The van der Waals surface area contributed by atoms with E-state index in [9.17, 15) is 30.4 Å². The number of aliphatic hydroxyl groups excluding tert-OH is 2. The Morgan fingerprint density at radius 1 is 0.918 bits per heavy atom.